The topological polar surface area (TPSA) is 74.6 Å². The van der Waals surface area contributed by atoms with E-state index in [1.165, 1.54) is 10.7 Å². The molecule has 81 valence electrons. The molecular weight excluding hydrogens is 216 g/mol. The summed E-state index contributed by atoms with van der Waals surface area (Å²) in [5.41, 5.74) is 0.719. The van der Waals surface area contributed by atoms with Crippen molar-refractivity contribution in [1.29, 1.82) is 10.5 Å². The molecule has 1 radical (unpaired) electrons. The SMILES string of the molecule is Cn1[c]cc(Oc2ccc(C#N)cc2C#N)n1. The summed E-state index contributed by atoms with van der Waals surface area (Å²) in [7, 11) is 1.72. The zero-order valence-corrected chi connectivity index (χ0v) is 9.01. The first kappa shape index (κ1) is 10.7. The van der Waals surface area contributed by atoms with Gasteiger partial charge < -0.3 is 4.74 Å². The van der Waals surface area contributed by atoms with Crippen molar-refractivity contribution in [2.75, 3.05) is 0 Å². The maximum Gasteiger partial charge on any atom is 0.238 e. The minimum Gasteiger partial charge on any atom is -0.436 e. The molecule has 0 amide bonds. The summed E-state index contributed by atoms with van der Waals surface area (Å²) in [6.45, 7) is 0. The van der Waals surface area contributed by atoms with Gasteiger partial charge in [0.2, 0.25) is 5.88 Å². The predicted octanol–water partition coefficient (Wildman–Crippen LogP) is 1.76. The van der Waals surface area contributed by atoms with E-state index in [4.69, 9.17) is 15.3 Å². The Kier molecular flexibility index (Phi) is 2.76. The molecule has 5 nitrogen and oxygen atoms in total. The molecule has 0 atom stereocenters. The minimum atomic E-state index is 0.301. The van der Waals surface area contributed by atoms with Crippen molar-refractivity contribution in [3.63, 3.8) is 0 Å². The lowest BCUT2D eigenvalue weighted by molar-refractivity contribution is 0.452. The number of nitrogens with zero attached hydrogens (tertiary/aromatic N) is 4. The Labute approximate surface area is 98.1 Å². The Morgan fingerprint density at radius 1 is 1.35 bits per heavy atom. The Morgan fingerprint density at radius 2 is 2.18 bits per heavy atom. The lowest BCUT2D eigenvalue weighted by Crippen LogP contribution is -1.92. The van der Waals surface area contributed by atoms with Gasteiger partial charge in [0.25, 0.3) is 0 Å². The Morgan fingerprint density at radius 3 is 2.76 bits per heavy atom. The van der Waals surface area contributed by atoms with Crippen molar-refractivity contribution in [2.24, 2.45) is 7.05 Å². The van der Waals surface area contributed by atoms with Crippen LogP contribution in [-0.4, -0.2) is 9.78 Å². The molecule has 0 saturated heterocycles. The fraction of sp³-hybridized carbons (Fsp3) is 0.0833. The van der Waals surface area contributed by atoms with Gasteiger partial charge in [-0.3, -0.25) is 4.68 Å². The van der Waals surface area contributed by atoms with Crippen molar-refractivity contribution in [3.05, 3.63) is 41.6 Å². The number of hydrogen-bond acceptors (Lipinski definition) is 4. The summed E-state index contributed by atoms with van der Waals surface area (Å²) in [5.74, 6) is 0.729. The molecule has 0 N–H and O–H groups in total. The first-order valence-electron chi connectivity index (χ1n) is 4.77. The van der Waals surface area contributed by atoms with E-state index < -0.39 is 0 Å². The van der Waals surface area contributed by atoms with Crippen molar-refractivity contribution in [1.82, 2.24) is 9.78 Å². The summed E-state index contributed by atoms with van der Waals surface area (Å²) >= 11 is 0. The van der Waals surface area contributed by atoms with Crippen molar-refractivity contribution in [3.8, 4) is 23.8 Å². The monoisotopic (exact) mass is 223 g/mol. The van der Waals surface area contributed by atoms with Crippen molar-refractivity contribution >= 4 is 0 Å². The van der Waals surface area contributed by atoms with Gasteiger partial charge in [-0.25, -0.2) is 0 Å². The van der Waals surface area contributed by atoms with Gasteiger partial charge in [-0.1, -0.05) is 0 Å². The zero-order valence-electron chi connectivity index (χ0n) is 9.01. The maximum atomic E-state index is 8.95. The van der Waals surface area contributed by atoms with Crippen LogP contribution in [0.1, 0.15) is 11.1 Å². The van der Waals surface area contributed by atoms with E-state index in [0.717, 1.165) is 0 Å². The van der Waals surface area contributed by atoms with Crippen LogP contribution < -0.4 is 4.74 Å². The van der Waals surface area contributed by atoms with E-state index in [2.05, 4.69) is 11.3 Å². The van der Waals surface area contributed by atoms with Crippen molar-refractivity contribution < 1.29 is 4.74 Å². The molecule has 2 aromatic rings. The van der Waals surface area contributed by atoms with Gasteiger partial charge in [-0.15, -0.1) is 5.10 Å². The number of nitriles is 2. The molecule has 5 heteroatoms. The summed E-state index contributed by atoms with van der Waals surface area (Å²) < 4.78 is 6.90. The van der Waals surface area contributed by atoms with E-state index in [0.29, 0.717) is 22.8 Å². The minimum absolute atomic E-state index is 0.301. The lowest BCUT2D eigenvalue weighted by atomic mass is 10.1. The van der Waals surface area contributed by atoms with Gasteiger partial charge in [0.15, 0.2) is 0 Å². The smallest absolute Gasteiger partial charge is 0.238 e. The molecule has 2 rings (SSSR count). The van der Waals surface area contributed by atoms with Crippen LogP contribution >= 0.6 is 0 Å². The van der Waals surface area contributed by atoms with Gasteiger partial charge in [-0.05, 0) is 18.2 Å². The van der Waals surface area contributed by atoms with Gasteiger partial charge >= 0.3 is 0 Å². The number of ether oxygens (including phenoxy) is 1. The fourth-order valence-corrected chi connectivity index (χ4v) is 1.29. The third-order valence-corrected chi connectivity index (χ3v) is 2.07. The lowest BCUT2D eigenvalue weighted by Gasteiger charge is -2.03. The molecule has 0 unspecified atom stereocenters. The molecule has 0 spiro atoms. The predicted molar refractivity (Wildman–Crippen MR) is 58.0 cm³/mol. The number of aromatic nitrogens is 2. The van der Waals surface area contributed by atoms with Gasteiger partial charge in [0, 0.05) is 13.1 Å². The number of hydrogen-bond donors (Lipinski definition) is 0. The fourth-order valence-electron chi connectivity index (χ4n) is 1.29. The number of rotatable bonds is 2. The van der Waals surface area contributed by atoms with Crippen LogP contribution in [0.4, 0.5) is 0 Å². The molecular formula is C12H7N4O. The van der Waals surface area contributed by atoms with Crippen LogP contribution in [0, 0.1) is 28.9 Å². The second-order valence-electron chi connectivity index (χ2n) is 3.27. The normalized spacial score (nSPS) is 9.35. The van der Waals surface area contributed by atoms with Crippen LogP contribution in [0.5, 0.6) is 11.6 Å². The molecule has 0 saturated carbocycles. The Bertz CT molecular complexity index is 631. The van der Waals surface area contributed by atoms with Gasteiger partial charge in [-0.2, -0.15) is 10.5 Å². The molecule has 0 aliphatic rings. The third-order valence-electron chi connectivity index (χ3n) is 2.07. The number of benzene rings is 1. The Hall–Kier alpha value is -2.79. The molecule has 0 bridgehead atoms. The summed E-state index contributed by atoms with van der Waals surface area (Å²) in [6.07, 6.45) is 2.79. The average Bonchev–Trinajstić information content (AvgIpc) is 2.75. The maximum absolute atomic E-state index is 8.95. The molecule has 0 aliphatic heterocycles. The largest absolute Gasteiger partial charge is 0.436 e. The Balaban J connectivity index is 2.34. The molecule has 1 heterocycles. The molecule has 1 aromatic heterocycles. The highest BCUT2D eigenvalue weighted by Crippen LogP contribution is 2.24. The van der Waals surface area contributed by atoms with Crippen LogP contribution in [0.15, 0.2) is 24.3 Å². The molecule has 0 fully saturated rings. The van der Waals surface area contributed by atoms with Crippen LogP contribution in [0.25, 0.3) is 0 Å². The van der Waals surface area contributed by atoms with Crippen LogP contribution in [0.3, 0.4) is 0 Å². The quantitative estimate of drug-likeness (QED) is 0.777. The van der Waals surface area contributed by atoms with E-state index in [1.54, 1.807) is 25.2 Å². The zero-order chi connectivity index (χ0) is 12.3. The van der Waals surface area contributed by atoms with E-state index in [9.17, 15) is 0 Å². The van der Waals surface area contributed by atoms with E-state index >= 15 is 0 Å². The van der Waals surface area contributed by atoms with Gasteiger partial charge in [0.05, 0.1) is 23.4 Å². The van der Waals surface area contributed by atoms with E-state index in [1.807, 2.05) is 12.1 Å². The van der Waals surface area contributed by atoms with Crippen molar-refractivity contribution in [2.45, 2.75) is 0 Å². The molecule has 1 aromatic carbocycles. The average molecular weight is 223 g/mol. The van der Waals surface area contributed by atoms with Gasteiger partial charge in [0.1, 0.15) is 11.8 Å². The molecule has 17 heavy (non-hydrogen) atoms. The van der Waals surface area contributed by atoms with Crippen LogP contribution in [0.2, 0.25) is 0 Å². The standard InChI is InChI=1S/C12H7N4O/c1-16-5-4-12(15-16)17-11-3-2-9(7-13)6-10(11)8-14/h2-4,6H,1H3. The van der Waals surface area contributed by atoms with E-state index in [-0.39, 0.29) is 0 Å². The highest BCUT2D eigenvalue weighted by atomic mass is 16.5. The highest BCUT2D eigenvalue weighted by molar-refractivity contribution is 5.49. The summed E-state index contributed by atoms with van der Waals surface area (Å²) in [4.78, 5) is 0. The first-order valence-corrected chi connectivity index (χ1v) is 4.77. The second kappa shape index (κ2) is 4.38. The third kappa shape index (κ3) is 2.24. The van der Waals surface area contributed by atoms with Crippen LogP contribution in [-0.2, 0) is 7.05 Å². The summed E-state index contributed by atoms with van der Waals surface area (Å²) in [6, 6.07) is 10.1. The number of aryl methyl sites for hydroxylation is 1. The first-order chi connectivity index (χ1) is 8.22. The highest BCUT2D eigenvalue weighted by Gasteiger charge is 2.07. The summed E-state index contributed by atoms with van der Waals surface area (Å²) in [5, 5.41) is 21.7. The second-order valence-corrected chi connectivity index (χ2v) is 3.27. The molecule has 0 aliphatic carbocycles.